The molecule has 0 radical (unpaired) electrons. The molecule has 1 unspecified atom stereocenters. The van der Waals surface area contributed by atoms with E-state index in [0.29, 0.717) is 28.9 Å². The topological polar surface area (TPSA) is 28.2 Å². The molecular formula is C12H18F3N3S. The molecule has 0 amide bonds. The highest BCUT2D eigenvalue weighted by atomic mass is 32.1. The molecule has 1 aliphatic heterocycles. The van der Waals surface area contributed by atoms with Gasteiger partial charge in [-0.2, -0.15) is 13.2 Å². The Labute approximate surface area is 114 Å². The number of aromatic nitrogens is 1. The Balaban J connectivity index is 1.76. The minimum absolute atomic E-state index is 0.348. The number of nitrogens with zero attached hydrogens (tertiary/aromatic N) is 2. The van der Waals surface area contributed by atoms with Gasteiger partial charge in [0.2, 0.25) is 0 Å². The third-order valence-electron chi connectivity index (χ3n) is 3.16. The third-order valence-corrected chi connectivity index (χ3v) is 4.16. The fourth-order valence-electron chi connectivity index (χ4n) is 2.22. The predicted molar refractivity (Wildman–Crippen MR) is 70.4 cm³/mol. The SMILES string of the molecule is CC(CNc1ncc(C(F)(F)F)s1)CN1CCCC1. The molecule has 1 atom stereocenters. The second-order valence-corrected chi connectivity index (χ2v) is 6.05. The molecule has 2 heterocycles. The zero-order valence-corrected chi connectivity index (χ0v) is 11.7. The maximum atomic E-state index is 12.4. The number of rotatable bonds is 5. The van der Waals surface area contributed by atoms with Crippen LogP contribution in [-0.4, -0.2) is 36.1 Å². The molecule has 3 nitrogen and oxygen atoms in total. The Morgan fingerprint density at radius 1 is 1.42 bits per heavy atom. The van der Waals surface area contributed by atoms with Crippen molar-refractivity contribution in [2.45, 2.75) is 25.9 Å². The summed E-state index contributed by atoms with van der Waals surface area (Å²) in [4.78, 5) is 5.51. The Bertz CT molecular complexity index is 399. The number of thiazole rings is 1. The van der Waals surface area contributed by atoms with Crippen LogP contribution < -0.4 is 5.32 Å². The Morgan fingerprint density at radius 3 is 2.68 bits per heavy atom. The molecule has 108 valence electrons. The predicted octanol–water partition coefficient (Wildman–Crippen LogP) is 3.31. The summed E-state index contributed by atoms with van der Waals surface area (Å²) in [6.07, 6.45) is -0.903. The van der Waals surface area contributed by atoms with Crippen LogP contribution in [0.25, 0.3) is 0 Å². The summed E-state index contributed by atoms with van der Waals surface area (Å²) < 4.78 is 37.2. The van der Waals surface area contributed by atoms with E-state index in [1.165, 1.54) is 12.8 Å². The van der Waals surface area contributed by atoms with Crippen molar-refractivity contribution < 1.29 is 13.2 Å². The molecule has 0 bridgehead atoms. The number of likely N-dealkylation sites (tertiary alicyclic amines) is 1. The summed E-state index contributed by atoms with van der Waals surface area (Å²) in [5.74, 6) is 0.399. The maximum Gasteiger partial charge on any atom is 0.427 e. The Morgan fingerprint density at radius 2 is 2.11 bits per heavy atom. The molecule has 7 heteroatoms. The molecule has 19 heavy (non-hydrogen) atoms. The Kier molecular flexibility index (Phi) is 4.67. The molecule has 2 rings (SSSR count). The molecule has 1 saturated heterocycles. The van der Waals surface area contributed by atoms with Crippen LogP contribution in [0.15, 0.2) is 6.20 Å². The molecule has 1 N–H and O–H groups in total. The second-order valence-electron chi connectivity index (χ2n) is 5.02. The molecule has 1 aromatic heterocycles. The monoisotopic (exact) mass is 293 g/mol. The average molecular weight is 293 g/mol. The Hall–Kier alpha value is -0.820. The largest absolute Gasteiger partial charge is 0.427 e. The van der Waals surface area contributed by atoms with Crippen molar-refractivity contribution in [1.29, 1.82) is 0 Å². The van der Waals surface area contributed by atoms with E-state index in [-0.39, 0.29) is 0 Å². The lowest BCUT2D eigenvalue weighted by Gasteiger charge is -2.20. The van der Waals surface area contributed by atoms with Crippen molar-refractivity contribution in [3.8, 4) is 0 Å². The van der Waals surface area contributed by atoms with Gasteiger partial charge in [0.25, 0.3) is 0 Å². The van der Waals surface area contributed by atoms with Gasteiger partial charge >= 0.3 is 6.18 Å². The van der Waals surface area contributed by atoms with Crippen LogP contribution in [-0.2, 0) is 6.18 Å². The summed E-state index contributed by atoms with van der Waals surface area (Å²) in [6, 6.07) is 0. The third kappa shape index (κ3) is 4.35. The smallest absolute Gasteiger partial charge is 0.361 e. The van der Waals surface area contributed by atoms with Gasteiger partial charge in [-0.25, -0.2) is 4.98 Å². The maximum absolute atomic E-state index is 12.4. The van der Waals surface area contributed by atoms with Crippen molar-refractivity contribution in [1.82, 2.24) is 9.88 Å². The number of hydrogen-bond acceptors (Lipinski definition) is 4. The van der Waals surface area contributed by atoms with Crippen LogP contribution >= 0.6 is 11.3 Å². The molecule has 1 aliphatic rings. The van der Waals surface area contributed by atoms with E-state index in [1.807, 2.05) is 0 Å². The average Bonchev–Trinajstić information content (AvgIpc) is 2.95. The van der Waals surface area contributed by atoms with Crippen LogP contribution in [0.5, 0.6) is 0 Å². The summed E-state index contributed by atoms with van der Waals surface area (Å²) in [7, 11) is 0. The number of anilines is 1. The minimum Gasteiger partial charge on any atom is -0.361 e. The lowest BCUT2D eigenvalue weighted by atomic mass is 10.2. The van der Waals surface area contributed by atoms with Gasteiger partial charge in [-0.15, -0.1) is 0 Å². The van der Waals surface area contributed by atoms with Gasteiger partial charge < -0.3 is 10.2 Å². The summed E-state index contributed by atoms with van der Waals surface area (Å²) in [5.41, 5.74) is 0. The normalized spacial score (nSPS) is 18.7. The van der Waals surface area contributed by atoms with Gasteiger partial charge in [-0.3, -0.25) is 0 Å². The van der Waals surface area contributed by atoms with Gasteiger partial charge in [-0.05, 0) is 31.8 Å². The van der Waals surface area contributed by atoms with E-state index < -0.39 is 11.1 Å². The lowest BCUT2D eigenvalue weighted by Crippen LogP contribution is -2.28. The number of alkyl halides is 3. The standard InChI is InChI=1S/C12H18F3N3S/c1-9(8-18-4-2-3-5-18)6-16-11-17-7-10(19-11)12(13,14)15/h7,9H,2-6,8H2,1H3,(H,16,17). The fraction of sp³-hybridized carbons (Fsp3) is 0.750. The van der Waals surface area contributed by atoms with E-state index in [2.05, 4.69) is 22.1 Å². The van der Waals surface area contributed by atoms with Crippen LogP contribution in [0.2, 0.25) is 0 Å². The number of halogens is 3. The van der Waals surface area contributed by atoms with Crippen molar-refractivity contribution in [3.63, 3.8) is 0 Å². The molecule has 0 spiro atoms. The van der Waals surface area contributed by atoms with Crippen LogP contribution in [0.3, 0.4) is 0 Å². The van der Waals surface area contributed by atoms with Crippen molar-refractivity contribution in [2.75, 3.05) is 31.5 Å². The molecule has 0 aromatic carbocycles. The second kappa shape index (κ2) is 6.09. The van der Waals surface area contributed by atoms with Gasteiger partial charge in [0, 0.05) is 13.1 Å². The first kappa shape index (κ1) is 14.6. The zero-order valence-electron chi connectivity index (χ0n) is 10.8. The van der Waals surface area contributed by atoms with Crippen molar-refractivity contribution in [3.05, 3.63) is 11.1 Å². The number of hydrogen-bond donors (Lipinski definition) is 1. The lowest BCUT2D eigenvalue weighted by molar-refractivity contribution is -0.134. The molecule has 1 fully saturated rings. The highest BCUT2D eigenvalue weighted by Crippen LogP contribution is 2.34. The van der Waals surface area contributed by atoms with E-state index in [9.17, 15) is 13.2 Å². The first-order valence-electron chi connectivity index (χ1n) is 6.44. The first-order valence-corrected chi connectivity index (χ1v) is 7.26. The molecule has 1 aromatic rings. The summed E-state index contributed by atoms with van der Waals surface area (Å²) >= 11 is 0.664. The first-order chi connectivity index (χ1) is 8.95. The fourth-order valence-corrected chi connectivity index (χ4v) is 2.91. The quantitative estimate of drug-likeness (QED) is 0.903. The number of nitrogens with one attached hydrogen (secondary N) is 1. The summed E-state index contributed by atoms with van der Waals surface area (Å²) in [6.45, 7) is 6.02. The van der Waals surface area contributed by atoms with E-state index >= 15 is 0 Å². The molecule has 0 saturated carbocycles. The summed E-state index contributed by atoms with van der Waals surface area (Å²) in [5, 5.41) is 3.34. The van der Waals surface area contributed by atoms with Gasteiger partial charge in [0.15, 0.2) is 5.13 Å². The van der Waals surface area contributed by atoms with Crippen molar-refractivity contribution in [2.24, 2.45) is 5.92 Å². The molecule has 0 aliphatic carbocycles. The highest BCUT2D eigenvalue weighted by Gasteiger charge is 2.33. The van der Waals surface area contributed by atoms with Gasteiger partial charge in [-0.1, -0.05) is 18.3 Å². The zero-order chi connectivity index (χ0) is 13.9. The minimum atomic E-state index is -4.29. The van der Waals surface area contributed by atoms with Gasteiger partial charge in [0.05, 0.1) is 6.20 Å². The van der Waals surface area contributed by atoms with Crippen molar-refractivity contribution >= 4 is 16.5 Å². The van der Waals surface area contributed by atoms with E-state index in [0.717, 1.165) is 25.8 Å². The highest BCUT2D eigenvalue weighted by molar-refractivity contribution is 7.15. The van der Waals surface area contributed by atoms with E-state index in [4.69, 9.17) is 0 Å². The van der Waals surface area contributed by atoms with Gasteiger partial charge in [0.1, 0.15) is 4.88 Å². The van der Waals surface area contributed by atoms with Crippen LogP contribution in [0.4, 0.5) is 18.3 Å². The van der Waals surface area contributed by atoms with Crippen LogP contribution in [0, 0.1) is 5.92 Å². The molecular weight excluding hydrogens is 275 g/mol. The van der Waals surface area contributed by atoms with E-state index in [1.54, 1.807) is 0 Å². The van der Waals surface area contributed by atoms with Crippen LogP contribution in [0.1, 0.15) is 24.6 Å².